The van der Waals surface area contributed by atoms with E-state index in [-0.39, 0.29) is 0 Å². The number of hydrogen-bond acceptors (Lipinski definition) is 4. The summed E-state index contributed by atoms with van der Waals surface area (Å²) in [6.45, 7) is 5.56. The molecular formula is C11H22N2O4S. The maximum absolute atomic E-state index is 11.2. The number of nitrogens with one attached hydrogen (secondary N) is 1. The van der Waals surface area contributed by atoms with E-state index in [1.54, 1.807) is 0 Å². The van der Waals surface area contributed by atoms with Crippen LogP contribution in [0.25, 0.3) is 0 Å². The number of aliphatic carboxylic acids is 1. The van der Waals surface area contributed by atoms with Crippen molar-refractivity contribution < 1.29 is 18.3 Å². The lowest BCUT2D eigenvalue weighted by Crippen LogP contribution is -2.36. The number of nitrogens with zero attached hydrogens (tertiary/aromatic N) is 1. The van der Waals surface area contributed by atoms with Crippen LogP contribution < -0.4 is 4.72 Å². The van der Waals surface area contributed by atoms with Crippen LogP contribution in [0.2, 0.25) is 0 Å². The van der Waals surface area contributed by atoms with Gasteiger partial charge in [0, 0.05) is 6.54 Å². The number of carboxylic acid groups (broad SMARTS) is 1. The van der Waals surface area contributed by atoms with Crippen molar-refractivity contribution >= 4 is 16.0 Å². The molecule has 1 heterocycles. The summed E-state index contributed by atoms with van der Waals surface area (Å²) in [6, 6.07) is 0. The highest BCUT2D eigenvalue weighted by molar-refractivity contribution is 7.90. The number of likely N-dealkylation sites (tertiary alicyclic amines) is 1. The van der Waals surface area contributed by atoms with E-state index in [0.717, 1.165) is 25.6 Å². The second kappa shape index (κ2) is 7.06. The Kier molecular flexibility index (Phi) is 6.04. The zero-order valence-electron chi connectivity index (χ0n) is 10.8. The van der Waals surface area contributed by atoms with Gasteiger partial charge in [0.1, 0.15) is 0 Å². The first-order valence-electron chi connectivity index (χ1n) is 6.30. The molecule has 1 aliphatic heterocycles. The first-order chi connectivity index (χ1) is 8.39. The molecule has 0 atom stereocenters. The van der Waals surface area contributed by atoms with Gasteiger partial charge in [-0.25, -0.2) is 13.1 Å². The highest BCUT2D eigenvalue weighted by Gasteiger charge is 2.16. The molecule has 0 bridgehead atoms. The molecule has 0 amide bonds. The summed E-state index contributed by atoms with van der Waals surface area (Å²) in [5, 5.41) is 8.41. The number of sulfonamides is 1. The average molecular weight is 278 g/mol. The molecule has 0 aliphatic carbocycles. The Bertz CT molecular complexity index is 361. The van der Waals surface area contributed by atoms with Crippen LogP contribution >= 0.6 is 0 Å². The lowest BCUT2D eigenvalue weighted by molar-refractivity contribution is -0.134. The van der Waals surface area contributed by atoms with Gasteiger partial charge >= 0.3 is 5.97 Å². The molecule has 0 radical (unpaired) electrons. The van der Waals surface area contributed by atoms with Gasteiger partial charge in [-0.2, -0.15) is 0 Å². The molecular weight excluding hydrogens is 256 g/mol. The van der Waals surface area contributed by atoms with Crippen LogP contribution in [0.5, 0.6) is 0 Å². The van der Waals surface area contributed by atoms with Gasteiger partial charge in [-0.05, 0) is 44.8 Å². The fourth-order valence-electron chi connectivity index (χ4n) is 2.03. The molecule has 2 N–H and O–H groups in total. The zero-order valence-corrected chi connectivity index (χ0v) is 11.6. The Hall–Kier alpha value is -0.660. The number of carbonyl (C=O) groups is 1. The normalized spacial score (nSPS) is 18.9. The molecule has 106 valence electrons. The van der Waals surface area contributed by atoms with Gasteiger partial charge in [0.2, 0.25) is 10.0 Å². The van der Waals surface area contributed by atoms with Crippen LogP contribution in [0.15, 0.2) is 0 Å². The molecule has 6 nitrogen and oxygen atoms in total. The van der Waals surface area contributed by atoms with Crippen LogP contribution in [0.1, 0.15) is 26.2 Å². The van der Waals surface area contributed by atoms with E-state index in [9.17, 15) is 13.2 Å². The van der Waals surface area contributed by atoms with Crippen molar-refractivity contribution in [2.45, 2.75) is 26.2 Å². The third-order valence-corrected chi connectivity index (χ3v) is 4.43. The number of carboxylic acids is 1. The van der Waals surface area contributed by atoms with Crippen molar-refractivity contribution in [1.29, 1.82) is 0 Å². The molecule has 0 aromatic rings. The third-order valence-electron chi connectivity index (χ3n) is 3.16. The fourth-order valence-corrected chi connectivity index (χ4v) is 2.91. The van der Waals surface area contributed by atoms with Gasteiger partial charge in [-0.3, -0.25) is 4.79 Å². The predicted octanol–water partition coefficient (Wildman–Crippen LogP) is 0.112. The van der Waals surface area contributed by atoms with Gasteiger partial charge in [-0.1, -0.05) is 6.92 Å². The Labute approximate surface area is 108 Å². The van der Waals surface area contributed by atoms with E-state index in [1.807, 2.05) is 0 Å². The smallest absolute Gasteiger partial charge is 0.320 e. The maximum Gasteiger partial charge on any atom is 0.320 e. The van der Waals surface area contributed by atoms with Crippen LogP contribution in [-0.4, -0.2) is 56.3 Å². The molecule has 0 spiro atoms. The molecule has 0 saturated carbocycles. The standard InChI is InChI=1S/C11H22N2O4S/c1-10-3-7-13(8-4-10)6-2-5-12-18(16,17)9-11(14)15/h10,12H,2-9H2,1H3,(H,14,15). The Morgan fingerprint density at radius 3 is 2.56 bits per heavy atom. The third kappa shape index (κ3) is 6.32. The molecule has 0 aromatic carbocycles. The first kappa shape index (κ1) is 15.4. The van der Waals surface area contributed by atoms with Crippen LogP contribution in [0, 0.1) is 5.92 Å². The van der Waals surface area contributed by atoms with Crippen molar-refractivity contribution in [3.8, 4) is 0 Å². The monoisotopic (exact) mass is 278 g/mol. The Morgan fingerprint density at radius 1 is 1.39 bits per heavy atom. The van der Waals surface area contributed by atoms with Crippen molar-refractivity contribution in [1.82, 2.24) is 9.62 Å². The molecule has 0 aromatic heterocycles. The lowest BCUT2D eigenvalue weighted by Gasteiger charge is -2.30. The van der Waals surface area contributed by atoms with Gasteiger partial charge in [-0.15, -0.1) is 0 Å². The summed E-state index contributed by atoms with van der Waals surface area (Å²) in [7, 11) is -3.66. The fraction of sp³-hybridized carbons (Fsp3) is 0.909. The molecule has 1 aliphatic rings. The number of piperidine rings is 1. The Morgan fingerprint density at radius 2 is 2.00 bits per heavy atom. The predicted molar refractivity (Wildman–Crippen MR) is 68.9 cm³/mol. The lowest BCUT2D eigenvalue weighted by atomic mass is 9.99. The number of hydrogen-bond donors (Lipinski definition) is 2. The second-order valence-electron chi connectivity index (χ2n) is 4.92. The largest absolute Gasteiger partial charge is 0.480 e. The Balaban J connectivity index is 2.13. The van der Waals surface area contributed by atoms with Gasteiger partial charge < -0.3 is 10.0 Å². The topological polar surface area (TPSA) is 86.7 Å². The van der Waals surface area contributed by atoms with Crippen molar-refractivity contribution in [3.05, 3.63) is 0 Å². The molecule has 1 rings (SSSR count). The quantitative estimate of drug-likeness (QED) is 0.646. The molecule has 18 heavy (non-hydrogen) atoms. The number of rotatable bonds is 7. The van der Waals surface area contributed by atoms with Crippen molar-refractivity contribution in [2.75, 3.05) is 31.9 Å². The van der Waals surface area contributed by atoms with Gasteiger partial charge in [0.15, 0.2) is 5.75 Å². The summed E-state index contributed by atoms with van der Waals surface area (Å²) in [5.74, 6) is -1.39. The van der Waals surface area contributed by atoms with Crippen molar-refractivity contribution in [2.24, 2.45) is 5.92 Å². The van der Waals surface area contributed by atoms with Crippen LogP contribution in [-0.2, 0) is 14.8 Å². The molecule has 7 heteroatoms. The zero-order chi connectivity index (χ0) is 13.6. The van der Waals surface area contributed by atoms with Gasteiger partial charge in [0.25, 0.3) is 0 Å². The first-order valence-corrected chi connectivity index (χ1v) is 7.96. The second-order valence-corrected chi connectivity index (χ2v) is 6.73. The summed E-state index contributed by atoms with van der Waals surface area (Å²) in [4.78, 5) is 12.6. The van der Waals surface area contributed by atoms with E-state index < -0.39 is 21.7 Å². The minimum absolute atomic E-state index is 0.307. The minimum Gasteiger partial charge on any atom is -0.480 e. The summed E-state index contributed by atoms with van der Waals surface area (Å²) >= 11 is 0. The van der Waals surface area contributed by atoms with E-state index in [0.29, 0.717) is 13.0 Å². The minimum atomic E-state index is -3.66. The summed E-state index contributed by atoms with van der Waals surface area (Å²) < 4.78 is 24.8. The van der Waals surface area contributed by atoms with Crippen LogP contribution in [0.4, 0.5) is 0 Å². The molecule has 0 unspecified atom stereocenters. The summed E-state index contributed by atoms with van der Waals surface area (Å²) in [5.41, 5.74) is 0. The van der Waals surface area contributed by atoms with Crippen LogP contribution in [0.3, 0.4) is 0 Å². The molecule has 1 fully saturated rings. The van der Waals surface area contributed by atoms with Gasteiger partial charge in [0.05, 0.1) is 0 Å². The van der Waals surface area contributed by atoms with E-state index >= 15 is 0 Å². The van der Waals surface area contributed by atoms with E-state index in [4.69, 9.17) is 5.11 Å². The van der Waals surface area contributed by atoms with E-state index in [2.05, 4.69) is 16.5 Å². The highest BCUT2D eigenvalue weighted by atomic mass is 32.2. The summed E-state index contributed by atoms with van der Waals surface area (Å²) in [6.07, 6.45) is 3.11. The average Bonchev–Trinajstić information content (AvgIpc) is 2.25. The maximum atomic E-state index is 11.2. The van der Waals surface area contributed by atoms with Crippen molar-refractivity contribution in [3.63, 3.8) is 0 Å². The SMILES string of the molecule is CC1CCN(CCCNS(=O)(=O)CC(=O)O)CC1. The highest BCUT2D eigenvalue weighted by Crippen LogP contribution is 2.15. The van der Waals surface area contributed by atoms with E-state index in [1.165, 1.54) is 12.8 Å². The molecule has 1 saturated heterocycles.